The molecular weight excluding hydrogens is 262 g/mol. The Morgan fingerprint density at radius 2 is 2.11 bits per heavy atom. The van der Waals surface area contributed by atoms with Crippen LogP contribution in [-0.2, 0) is 0 Å². The molecule has 0 saturated heterocycles. The van der Waals surface area contributed by atoms with Gasteiger partial charge >= 0.3 is 71.7 Å². The summed E-state index contributed by atoms with van der Waals surface area (Å²) in [5, 5.41) is 0. The molecule has 0 spiro atoms. The van der Waals surface area contributed by atoms with Crippen LogP contribution >= 0.6 is 17.8 Å². The molecular formula is C6H11Cl2Sn. The second kappa shape index (κ2) is 7.23. The van der Waals surface area contributed by atoms with Crippen molar-refractivity contribution in [3.63, 3.8) is 0 Å². The Bertz CT molecular complexity index is 81.1. The van der Waals surface area contributed by atoms with Gasteiger partial charge in [0.1, 0.15) is 0 Å². The van der Waals surface area contributed by atoms with Crippen molar-refractivity contribution in [2.24, 2.45) is 0 Å². The average Bonchev–Trinajstić information content (AvgIpc) is 1.80. The number of hydrogen-bond donors (Lipinski definition) is 0. The van der Waals surface area contributed by atoms with Crippen LogP contribution in [0.5, 0.6) is 0 Å². The maximum atomic E-state index is 5.63. The van der Waals surface area contributed by atoms with E-state index >= 15 is 0 Å². The van der Waals surface area contributed by atoms with Gasteiger partial charge in [-0.15, -0.1) is 0 Å². The second-order valence-electron chi connectivity index (χ2n) is 1.83. The third-order valence-electron chi connectivity index (χ3n) is 0.968. The Morgan fingerprint density at radius 1 is 1.44 bits per heavy atom. The predicted molar refractivity (Wildman–Crippen MR) is 46.1 cm³/mol. The molecule has 3 heteroatoms. The number of allylic oxidation sites excluding steroid dienone is 1. The van der Waals surface area contributed by atoms with Gasteiger partial charge in [-0.3, -0.25) is 0 Å². The van der Waals surface area contributed by atoms with Gasteiger partial charge in [0.05, 0.1) is 0 Å². The quantitative estimate of drug-likeness (QED) is 0.544. The van der Waals surface area contributed by atoms with Crippen LogP contribution < -0.4 is 0 Å². The van der Waals surface area contributed by atoms with Crippen molar-refractivity contribution < 1.29 is 0 Å². The first-order valence-corrected chi connectivity index (χ1v) is 12.0. The van der Waals surface area contributed by atoms with Gasteiger partial charge in [-0.05, 0) is 0 Å². The molecule has 0 unspecified atom stereocenters. The molecule has 0 N–H and O–H groups in total. The van der Waals surface area contributed by atoms with Crippen molar-refractivity contribution in [2.75, 3.05) is 0 Å². The summed E-state index contributed by atoms with van der Waals surface area (Å²) < 4.78 is 2.00. The first-order valence-electron chi connectivity index (χ1n) is 3.12. The number of unbranched alkanes of at least 4 members (excludes halogenated alkanes) is 2. The average molecular weight is 273 g/mol. The Hall–Kier alpha value is 1.12. The summed E-state index contributed by atoms with van der Waals surface area (Å²) in [6, 6.07) is 0. The molecule has 53 valence electrons. The Balaban J connectivity index is 3.04. The summed E-state index contributed by atoms with van der Waals surface area (Å²) in [5.41, 5.74) is 0. The molecule has 0 bridgehead atoms. The maximum absolute atomic E-state index is 5.63. The normalized spacial score (nSPS) is 11.6. The van der Waals surface area contributed by atoms with E-state index in [0.717, 1.165) is 6.42 Å². The van der Waals surface area contributed by atoms with E-state index in [1.165, 1.54) is 12.8 Å². The van der Waals surface area contributed by atoms with Crippen molar-refractivity contribution >= 4 is 35.3 Å². The van der Waals surface area contributed by atoms with Crippen molar-refractivity contribution in [3.8, 4) is 0 Å². The SMILES string of the molecule is CCCCC=[CH][Sn]([Cl])[Cl]. The molecule has 1 radical (unpaired) electrons. The van der Waals surface area contributed by atoms with Crippen LogP contribution in [-0.4, -0.2) is 17.5 Å². The molecule has 0 aromatic rings. The molecule has 0 nitrogen and oxygen atoms in total. The van der Waals surface area contributed by atoms with Crippen LogP contribution in [0.3, 0.4) is 0 Å². The fourth-order valence-electron chi connectivity index (χ4n) is 0.494. The van der Waals surface area contributed by atoms with E-state index in [1.807, 2.05) is 4.09 Å². The van der Waals surface area contributed by atoms with E-state index in [2.05, 4.69) is 13.0 Å². The van der Waals surface area contributed by atoms with Crippen molar-refractivity contribution in [2.45, 2.75) is 26.2 Å². The van der Waals surface area contributed by atoms with Crippen molar-refractivity contribution in [1.82, 2.24) is 0 Å². The summed E-state index contributed by atoms with van der Waals surface area (Å²) in [6.07, 6.45) is 5.74. The first kappa shape index (κ1) is 10.1. The van der Waals surface area contributed by atoms with Crippen molar-refractivity contribution in [3.05, 3.63) is 10.2 Å². The molecule has 0 rings (SSSR count). The van der Waals surface area contributed by atoms with Crippen LogP contribution in [0.15, 0.2) is 10.2 Å². The van der Waals surface area contributed by atoms with Crippen LogP contribution in [0.2, 0.25) is 0 Å². The van der Waals surface area contributed by atoms with Gasteiger partial charge in [-0.25, -0.2) is 0 Å². The van der Waals surface area contributed by atoms with Crippen molar-refractivity contribution in [1.29, 1.82) is 0 Å². The molecule has 0 heterocycles. The van der Waals surface area contributed by atoms with Gasteiger partial charge in [-0.2, -0.15) is 0 Å². The summed E-state index contributed by atoms with van der Waals surface area (Å²) >= 11 is -1.91. The molecule has 0 atom stereocenters. The van der Waals surface area contributed by atoms with Gasteiger partial charge in [0.15, 0.2) is 0 Å². The van der Waals surface area contributed by atoms with Gasteiger partial charge in [0.25, 0.3) is 0 Å². The van der Waals surface area contributed by atoms with E-state index in [9.17, 15) is 0 Å². The topological polar surface area (TPSA) is 0 Å². The molecule has 0 aliphatic rings. The standard InChI is InChI=1S/C6H11.2ClH.Sn/c1-3-5-6-4-2;;;/h1,3H,4-6H2,2H3;2*1H;/q;;;+2/p-2. The summed E-state index contributed by atoms with van der Waals surface area (Å²) in [5.74, 6) is 0. The van der Waals surface area contributed by atoms with Gasteiger partial charge < -0.3 is 0 Å². The first-order chi connectivity index (χ1) is 4.27. The van der Waals surface area contributed by atoms with Crippen LogP contribution in [0, 0.1) is 0 Å². The van der Waals surface area contributed by atoms with E-state index in [1.54, 1.807) is 0 Å². The predicted octanol–water partition coefficient (Wildman–Crippen LogP) is 3.24. The molecule has 0 fully saturated rings. The monoisotopic (exact) mass is 273 g/mol. The van der Waals surface area contributed by atoms with E-state index in [4.69, 9.17) is 17.8 Å². The summed E-state index contributed by atoms with van der Waals surface area (Å²) in [7, 11) is 11.3. The van der Waals surface area contributed by atoms with Gasteiger partial charge in [0, 0.05) is 0 Å². The van der Waals surface area contributed by atoms with Crippen LogP contribution in [0.25, 0.3) is 0 Å². The van der Waals surface area contributed by atoms with Crippen LogP contribution in [0.1, 0.15) is 26.2 Å². The number of rotatable bonds is 4. The minimum absolute atomic E-state index is 1.14. The fourth-order valence-corrected chi connectivity index (χ4v) is 2.67. The summed E-state index contributed by atoms with van der Waals surface area (Å²) in [4.78, 5) is 0. The van der Waals surface area contributed by atoms with Gasteiger partial charge in [0.2, 0.25) is 0 Å². The zero-order valence-corrected chi connectivity index (χ0v) is 9.90. The third kappa shape index (κ3) is 9.12. The Kier molecular flexibility index (Phi) is 8.13. The zero-order chi connectivity index (χ0) is 7.11. The fraction of sp³-hybridized carbons (Fsp3) is 0.667. The van der Waals surface area contributed by atoms with Gasteiger partial charge in [-0.1, -0.05) is 0 Å². The Labute approximate surface area is 71.4 Å². The molecule has 0 aromatic carbocycles. The minimum atomic E-state index is -1.91. The molecule has 0 amide bonds. The number of halogens is 2. The third-order valence-corrected chi connectivity index (χ3v) is 4.05. The Morgan fingerprint density at radius 3 is 2.56 bits per heavy atom. The van der Waals surface area contributed by atoms with Crippen LogP contribution in [0.4, 0.5) is 0 Å². The molecule has 0 aromatic heterocycles. The van der Waals surface area contributed by atoms with E-state index in [-0.39, 0.29) is 0 Å². The molecule has 0 aliphatic carbocycles. The summed E-state index contributed by atoms with van der Waals surface area (Å²) in [6.45, 7) is 2.18. The molecule has 0 aliphatic heterocycles. The zero-order valence-electron chi connectivity index (χ0n) is 5.53. The number of hydrogen-bond acceptors (Lipinski definition) is 0. The van der Waals surface area contributed by atoms with E-state index in [0.29, 0.717) is 0 Å². The van der Waals surface area contributed by atoms with E-state index < -0.39 is 17.5 Å². The molecule has 0 saturated carbocycles. The molecule has 9 heavy (non-hydrogen) atoms. The second-order valence-corrected chi connectivity index (χ2v) is 11.2.